The minimum atomic E-state index is 0.0458. The molecule has 0 aliphatic carbocycles. The maximum atomic E-state index is 12.2. The number of carbonyl (C=O) groups is 1. The molecule has 2 heterocycles. The lowest BCUT2D eigenvalue weighted by molar-refractivity contribution is 0.0951. The summed E-state index contributed by atoms with van der Waals surface area (Å²) < 4.78 is 0. The standard InChI is InChI=1S/C19H18Cl2N2O/c20-14-5-6-18(21)12(7-14)9-23-10-13-8-22-19(24)16-4-2-1-3-15(16)17(13)11-23/h1-7,13,17H,8-11H2,(H,22,24). The van der Waals surface area contributed by atoms with Crippen molar-refractivity contribution in [1.29, 1.82) is 0 Å². The molecular formula is C19H18Cl2N2O. The van der Waals surface area contributed by atoms with E-state index in [1.807, 2.05) is 36.4 Å². The lowest BCUT2D eigenvalue weighted by Gasteiger charge is -2.18. The number of amides is 1. The maximum Gasteiger partial charge on any atom is 0.251 e. The molecule has 0 saturated carbocycles. The molecule has 1 N–H and O–H groups in total. The molecule has 0 radical (unpaired) electrons. The highest BCUT2D eigenvalue weighted by Gasteiger charge is 2.37. The van der Waals surface area contributed by atoms with Crippen LogP contribution < -0.4 is 5.32 Å². The summed E-state index contributed by atoms with van der Waals surface area (Å²) in [5.41, 5.74) is 3.03. The van der Waals surface area contributed by atoms with Crippen LogP contribution in [-0.4, -0.2) is 30.4 Å². The van der Waals surface area contributed by atoms with E-state index >= 15 is 0 Å². The molecule has 2 aliphatic heterocycles. The van der Waals surface area contributed by atoms with Gasteiger partial charge in [-0.3, -0.25) is 9.69 Å². The van der Waals surface area contributed by atoms with Crippen molar-refractivity contribution < 1.29 is 4.79 Å². The van der Waals surface area contributed by atoms with Gasteiger partial charge in [0.2, 0.25) is 0 Å². The number of likely N-dealkylation sites (tertiary alicyclic amines) is 1. The van der Waals surface area contributed by atoms with E-state index in [1.54, 1.807) is 0 Å². The van der Waals surface area contributed by atoms with Crippen molar-refractivity contribution in [3.8, 4) is 0 Å². The lowest BCUT2D eigenvalue weighted by atomic mass is 9.87. The Morgan fingerprint density at radius 3 is 2.83 bits per heavy atom. The molecule has 5 heteroatoms. The summed E-state index contributed by atoms with van der Waals surface area (Å²) in [5.74, 6) is 0.845. The fraction of sp³-hybridized carbons (Fsp3) is 0.316. The molecule has 2 unspecified atom stereocenters. The Balaban J connectivity index is 1.59. The van der Waals surface area contributed by atoms with Gasteiger partial charge >= 0.3 is 0 Å². The number of rotatable bonds is 2. The fourth-order valence-corrected chi connectivity index (χ4v) is 4.27. The summed E-state index contributed by atoms with van der Waals surface area (Å²) in [5, 5.41) is 4.52. The van der Waals surface area contributed by atoms with Gasteiger partial charge in [0.05, 0.1) is 0 Å². The van der Waals surface area contributed by atoms with Crippen LogP contribution in [0.2, 0.25) is 10.0 Å². The Morgan fingerprint density at radius 2 is 1.96 bits per heavy atom. The highest BCUT2D eigenvalue weighted by Crippen LogP contribution is 2.37. The van der Waals surface area contributed by atoms with Crippen LogP contribution in [0.25, 0.3) is 0 Å². The summed E-state index contributed by atoms with van der Waals surface area (Å²) in [7, 11) is 0. The quantitative estimate of drug-likeness (QED) is 0.879. The Hall–Kier alpha value is -1.55. The summed E-state index contributed by atoms with van der Waals surface area (Å²) in [6.45, 7) is 3.38. The van der Waals surface area contributed by atoms with Crippen LogP contribution in [0, 0.1) is 5.92 Å². The van der Waals surface area contributed by atoms with Gasteiger partial charge < -0.3 is 5.32 Å². The smallest absolute Gasteiger partial charge is 0.251 e. The van der Waals surface area contributed by atoms with E-state index in [1.165, 1.54) is 0 Å². The van der Waals surface area contributed by atoms with Gasteiger partial charge in [-0.25, -0.2) is 0 Å². The predicted octanol–water partition coefficient (Wildman–Crippen LogP) is 3.95. The van der Waals surface area contributed by atoms with Crippen LogP contribution in [0.4, 0.5) is 0 Å². The SMILES string of the molecule is O=C1NCC2CN(Cc3cc(Cl)ccc3Cl)CC2c2ccccc21. The number of carbonyl (C=O) groups excluding carboxylic acids is 1. The molecule has 4 rings (SSSR count). The van der Waals surface area contributed by atoms with Gasteiger partial charge in [0.15, 0.2) is 0 Å². The molecule has 3 nitrogen and oxygen atoms in total. The molecule has 1 saturated heterocycles. The molecule has 2 aromatic rings. The number of hydrogen-bond donors (Lipinski definition) is 1. The normalized spacial score (nSPS) is 23.3. The zero-order valence-electron chi connectivity index (χ0n) is 13.1. The molecule has 0 spiro atoms. The van der Waals surface area contributed by atoms with E-state index in [4.69, 9.17) is 23.2 Å². The van der Waals surface area contributed by atoms with Crippen molar-refractivity contribution >= 4 is 29.1 Å². The van der Waals surface area contributed by atoms with Crippen molar-refractivity contribution in [1.82, 2.24) is 10.2 Å². The van der Waals surface area contributed by atoms with Crippen LogP contribution in [0.5, 0.6) is 0 Å². The van der Waals surface area contributed by atoms with Gasteiger partial charge in [-0.05, 0) is 41.3 Å². The van der Waals surface area contributed by atoms with Gasteiger partial charge in [-0.1, -0.05) is 41.4 Å². The largest absolute Gasteiger partial charge is 0.352 e. The molecule has 1 amide bonds. The zero-order chi connectivity index (χ0) is 16.7. The summed E-state index contributed by atoms with van der Waals surface area (Å²) in [4.78, 5) is 14.6. The van der Waals surface area contributed by atoms with Crippen LogP contribution >= 0.6 is 23.2 Å². The number of nitrogens with one attached hydrogen (secondary N) is 1. The Labute approximate surface area is 151 Å². The van der Waals surface area contributed by atoms with Crippen molar-refractivity contribution in [2.45, 2.75) is 12.5 Å². The van der Waals surface area contributed by atoms with E-state index in [-0.39, 0.29) is 5.91 Å². The molecule has 2 atom stereocenters. The average Bonchev–Trinajstić information content (AvgIpc) is 2.93. The molecule has 24 heavy (non-hydrogen) atoms. The van der Waals surface area contributed by atoms with Crippen LogP contribution in [0.15, 0.2) is 42.5 Å². The minimum Gasteiger partial charge on any atom is -0.352 e. The number of benzene rings is 2. The average molecular weight is 361 g/mol. The summed E-state index contributed by atoms with van der Waals surface area (Å²) in [6, 6.07) is 13.6. The second-order valence-corrected chi connectivity index (χ2v) is 7.44. The third-order valence-electron chi connectivity index (χ3n) is 5.05. The highest BCUT2D eigenvalue weighted by atomic mass is 35.5. The molecule has 2 aromatic carbocycles. The molecule has 0 aromatic heterocycles. The van der Waals surface area contributed by atoms with E-state index in [0.717, 1.165) is 47.9 Å². The third kappa shape index (κ3) is 2.92. The first-order valence-corrected chi connectivity index (χ1v) is 8.91. The predicted molar refractivity (Wildman–Crippen MR) is 96.7 cm³/mol. The first-order valence-electron chi connectivity index (χ1n) is 8.15. The van der Waals surface area contributed by atoms with E-state index < -0.39 is 0 Å². The first-order chi connectivity index (χ1) is 11.6. The second-order valence-electron chi connectivity index (χ2n) is 6.59. The molecule has 0 bridgehead atoms. The van der Waals surface area contributed by atoms with E-state index in [2.05, 4.69) is 16.3 Å². The lowest BCUT2D eigenvalue weighted by Crippen LogP contribution is -2.29. The maximum absolute atomic E-state index is 12.2. The first kappa shape index (κ1) is 15.9. The fourth-order valence-electron chi connectivity index (χ4n) is 3.90. The van der Waals surface area contributed by atoms with Crippen molar-refractivity contribution in [3.63, 3.8) is 0 Å². The van der Waals surface area contributed by atoms with E-state index in [9.17, 15) is 4.79 Å². The minimum absolute atomic E-state index is 0.0458. The van der Waals surface area contributed by atoms with Gasteiger partial charge in [0.1, 0.15) is 0 Å². The number of nitrogens with zero attached hydrogens (tertiary/aromatic N) is 1. The number of fused-ring (bicyclic) bond motifs is 3. The Kier molecular flexibility index (Phi) is 4.25. The van der Waals surface area contributed by atoms with Gasteiger partial charge in [-0.15, -0.1) is 0 Å². The van der Waals surface area contributed by atoms with Gasteiger partial charge in [-0.2, -0.15) is 0 Å². The number of halogens is 2. The van der Waals surface area contributed by atoms with Crippen LogP contribution in [0.3, 0.4) is 0 Å². The topological polar surface area (TPSA) is 32.3 Å². The van der Waals surface area contributed by atoms with Crippen molar-refractivity contribution in [3.05, 3.63) is 69.2 Å². The van der Waals surface area contributed by atoms with Crippen LogP contribution in [0.1, 0.15) is 27.4 Å². The van der Waals surface area contributed by atoms with Gasteiger partial charge in [0.25, 0.3) is 5.91 Å². The monoisotopic (exact) mass is 360 g/mol. The number of hydrogen-bond acceptors (Lipinski definition) is 2. The zero-order valence-corrected chi connectivity index (χ0v) is 14.6. The van der Waals surface area contributed by atoms with Crippen molar-refractivity contribution in [2.24, 2.45) is 5.92 Å². The summed E-state index contributed by atoms with van der Waals surface area (Å²) in [6.07, 6.45) is 0. The van der Waals surface area contributed by atoms with Crippen molar-refractivity contribution in [2.75, 3.05) is 19.6 Å². The van der Waals surface area contributed by atoms with Gasteiger partial charge in [0, 0.05) is 47.7 Å². The second kappa shape index (κ2) is 6.40. The Bertz CT molecular complexity index is 793. The Morgan fingerprint density at radius 1 is 1.12 bits per heavy atom. The van der Waals surface area contributed by atoms with E-state index in [0.29, 0.717) is 16.9 Å². The molecule has 1 fully saturated rings. The molecule has 2 aliphatic rings. The third-order valence-corrected chi connectivity index (χ3v) is 5.65. The summed E-state index contributed by atoms with van der Waals surface area (Å²) >= 11 is 12.4. The highest BCUT2D eigenvalue weighted by molar-refractivity contribution is 6.33. The molecule has 124 valence electrons. The van der Waals surface area contributed by atoms with Crippen LogP contribution in [-0.2, 0) is 6.54 Å². The molecular weight excluding hydrogens is 343 g/mol.